The van der Waals surface area contributed by atoms with E-state index < -0.39 is 0 Å². The van der Waals surface area contributed by atoms with Crippen LogP contribution in [0.3, 0.4) is 0 Å². The number of nitrogens with two attached hydrogens (primary N) is 1. The van der Waals surface area contributed by atoms with Crippen LogP contribution in [0.1, 0.15) is 26.3 Å². The van der Waals surface area contributed by atoms with Crippen molar-refractivity contribution in [1.82, 2.24) is 0 Å². The van der Waals surface area contributed by atoms with E-state index in [9.17, 15) is 9.59 Å². The summed E-state index contributed by atoms with van der Waals surface area (Å²) in [5, 5.41) is 7.56. The van der Waals surface area contributed by atoms with Gasteiger partial charge in [-0.2, -0.15) is 0 Å². The molecule has 5 heteroatoms. The smallest absolute Gasteiger partial charge is 0.266 e. The summed E-state index contributed by atoms with van der Waals surface area (Å²) in [4.78, 5) is 25.8. The van der Waals surface area contributed by atoms with Gasteiger partial charge in [0.2, 0.25) is 0 Å². The highest BCUT2D eigenvalue weighted by atomic mass is 16.2. The van der Waals surface area contributed by atoms with Crippen molar-refractivity contribution < 1.29 is 9.59 Å². The largest absolute Gasteiger partial charge is 0.384 e. The van der Waals surface area contributed by atoms with E-state index in [0.717, 1.165) is 4.90 Å². The first-order chi connectivity index (χ1) is 9.61. The molecule has 2 aromatic carbocycles. The maximum absolute atomic E-state index is 12.4. The van der Waals surface area contributed by atoms with Crippen molar-refractivity contribution in [2.45, 2.75) is 0 Å². The molecule has 1 aliphatic rings. The molecule has 0 saturated carbocycles. The highest BCUT2D eigenvalue weighted by Gasteiger charge is 2.37. The maximum Gasteiger partial charge on any atom is 0.266 e. The molecule has 0 atom stereocenters. The van der Waals surface area contributed by atoms with Crippen molar-refractivity contribution in [3.8, 4) is 0 Å². The Bertz CT molecular complexity index is 717. The lowest BCUT2D eigenvalue weighted by molar-refractivity contribution is 0.0926. The molecule has 2 amide bonds. The highest BCUT2D eigenvalue weighted by molar-refractivity contribution is 6.35. The van der Waals surface area contributed by atoms with E-state index in [1.807, 2.05) is 0 Å². The number of nitrogens with zero attached hydrogens (tertiary/aromatic N) is 1. The summed E-state index contributed by atoms with van der Waals surface area (Å²) >= 11 is 0. The summed E-state index contributed by atoms with van der Waals surface area (Å²) in [5.74, 6) is -0.962. The number of imide groups is 1. The van der Waals surface area contributed by atoms with Crippen LogP contribution in [0.25, 0.3) is 0 Å². The average Bonchev–Trinajstić information content (AvgIpc) is 2.71. The van der Waals surface area contributed by atoms with Crippen molar-refractivity contribution >= 4 is 23.3 Å². The molecule has 1 aliphatic heterocycles. The van der Waals surface area contributed by atoms with Crippen LogP contribution < -0.4 is 10.6 Å². The monoisotopic (exact) mass is 265 g/mol. The fraction of sp³-hybridized carbons (Fsp3) is 0. The second-order valence-corrected chi connectivity index (χ2v) is 4.42. The average molecular weight is 265 g/mol. The molecule has 0 bridgehead atoms. The van der Waals surface area contributed by atoms with Gasteiger partial charge in [0.05, 0.1) is 16.8 Å². The van der Waals surface area contributed by atoms with Gasteiger partial charge in [0.1, 0.15) is 5.84 Å². The number of amidine groups is 1. The molecule has 0 spiro atoms. The maximum atomic E-state index is 12.4. The zero-order chi connectivity index (χ0) is 14.3. The molecule has 0 fully saturated rings. The van der Waals surface area contributed by atoms with Gasteiger partial charge in [-0.15, -0.1) is 0 Å². The lowest BCUT2D eigenvalue weighted by Gasteiger charge is -2.17. The third kappa shape index (κ3) is 1.60. The molecule has 0 saturated heterocycles. The van der Waals surface area contributed by atoms with Crippen LogP contribution in [-0.4, -0.2) is 17.6 Å². The topological polar surface area (TPSA) is 87.2 Å². The number of para-hydroxylation sites is 1. The number of rotatable bonds is 2. The quantitative estimate of drug-likeness (QED) is 0.493. The molecule has 2 aromatic rings. The Labute approximate surface area is 115 Å². The van der Waals surface area contributed by atoms with Gasteiger partial charge in [-0.05, 0) is 24.3 Å². The number of anilines is 1. The molecular weight excluding hydrogens is 254 g/mol. The fourth-order valence-corrected chi connectivity index (χ4v) is 2.30. The van der Waals surface area contributed by atoms with Gasteiger partial charge in [0.25, 0.3) is 11.8 Å². The minimum Gasteiger partial charge on any atom is -0.384 e. The Balaban J connectivity index is 2.17. The van der Waals surface area contributed by atoms with Crippen molar-refractivity contribution in [2.75, 3.05) is 4.90 Å². The molecule has 0 aliphatic carbocycles. The Morgan fingerprint density at radius 3 is 1.95 bits per heavy atom. The molecule has 98 valence electrons. The number of hydrogen-bond acceptors (Lipinski definition) is 3. The van der Waals surface area contributed by atoms with Gasteiger partial charge < -0.3 is 5.73 Å². The van der Waals surface area contributed by atoms with Gasteiger partial charge in [0, 0.05) is 5.56 Å². The molecule has 0 radical (unpaired) electrons. The first kappa shape index (κ1) is 12.1. The second kappa shape index (κ2) is 4.31. The van der Waals surface area contributed by atoms with Crippen LogP contribution in [0.15, 0.2) is 48.5 Å². The molecule has 1 heterocycles. The summed E-state index contributed by atoms with van der Waals surface area (Å²) in [5.41, 5.74) is 6.96. The summed E-state index contributed by atoms with van der Waals surface area (Å²) < 4.78 is 0. The predicted octanol–water partition coefficient (Wildman–Crippen LogP) is 1.77. The summed E-state index contributed by atoms with van der Waals surface area (Å²) in [6.07, 6.45) is 0. The SMILES string of the molecule is N=C(N)c1ccccc1N1C(=O)c2ccccc2C1=O. The summed E-state index contributed by atoms with van der Waals surface area (Å²) in [7, 11) is 0. The highest BCUT2D eigenvalue weighted by Crippen LogP contribution is 2.30. The van der Waals surface area contributed by atoms with Crippen LogP contribution >= 0.6 is 0 Å². The first-order valence-corrected chi connectivity index (χ1v) is 6.02. The molecule has 20 heavy (non-hydrogen) atoms. The number of nitrogen functional groups attached to an aromatic ring is 1. The van der Waals surface area contributed by atoms with E-state index in [1.54, 1.807) is 48.5 Å². The minimum absolute atomic E-state index is 0.183. The standard InChI is InChI=1S/C15H11N3O2/c16-13(17)11-7-3-4-8-12(11)18-14(19)9-5-1-2-6-10(9)15(18)20/h1-8H,(H3,16,17). The summed E-state index contributed by atoms with van der Waals surface area (Å²) in [6.45, 7) is 0. The second-order valence-electron chi connectivity index (χ2n) is 4.42. The van der Waals surface area contributed by atoms with Crippen LogP contribution in [0.2, 0.25) is 0 Å². The number of fused-ring (bicyclic) bond motifs is 1. The number of amides is 2. The van der Waals surface area contributed by atoms with Gasteiger partial charge in [0.15, 0.2) is 0 Å². The van der Waals surface area contributed by atoms with Gasteiger partial charge >= 0.3 is 0 Å². The normalized spacial score (nSPS) is 13.5. The van der Waals surface area contributed by atoms with Crippen molar-refractivity contribution in [1.29, 1.82) is 5.41 Å². The number of hydrogen-bond donors (Lipinski definition) is 2. The number of carbonyl (C=O) groups is 2. The van der Waals surface area contributed by atoms with Gasteiger partial charge in [-0.1, -0.05) is 24.3 Å². The molecular formula is C15H11N3O2. The fourth-order valence-electron chi connectivity index (χ4n) is 2.30. The van der Waals surface area contributed by atoms with E-state index in [2.05, 4.69) is 0 Å². The van der Waals surface area contributed by atoms with E-state index >= 15 is 0 Å². The van der Waals surface area contributed by atoms with E-state index in [0.29, 0.717) is 22.4 Å². The van der Waals surface area contributed by atoms with Gasteiger partial charge in [-0.3, -0.25) is 15.0 Å². The Morgan fingerprint density at radius 1 is 0.900 bits per heavy atom. The first-order valence-electron chi connectivity index (χ1n) is 6.02. The predicted molar refractivity (Wildman–Crippen MR) is 75.0 cm³/mol. The lowest BCUT2D eigenvalue weighted by Crippen LogP contribution is -2.31. The Kier molecular flexibility index (Phi) is 2.61. The molecule has 0 unspecified atom stereocenters. The molecule has 3 rings (SSSR count). The summed E-state index contributed by atoms with van der Waals surface area (Å²) in [6, 6.07) is 13.3. The van der Waals surface area contributed by atoms with Crippen molar-refractivity contribution in [2.24, 2.45) is 5.73 Å². The van der Waals surface area contributed by atoms with Crippen molar-refractivity contribution in [3.05, 3.63) is 65.2 Å². The molecule has 5 nitrogen and oxygen atoms in total. The van der Waals surface area contributed by atoms with E-state index in [1.165, 1.54) is 0 Å². The molecule has 0 aromatic heterocycles. The van der Waals surface area contributed by atoms with Crippen LogP contribution in [0, 0.1) is 5.41 Å². The van der Waals surface area contributed by atoms with E-state index in [4.69, 9.17) is 11.1 Å². The van der Waals surface area contributed by atoms with Crippen LogP contribution in [-0.2, 0) is 0 Å². The van der Waals surface area contributed by atoms with Gasteiger partial charge in [-0.25, -0.2) is 4.90 Å². The Morgan fingerprint density at radius 2 is 1.40 bits per heavy atom. The number of nitrogens with one attached hydrogen (secondary N) is 1. The van der Waals surface area contributed by atoms with E-state index in [-0.39, 0.29) is 17.6 Å². The zero-order valence-electron chi connectivity index (χ0n) is 10.5. The molecule has 3 N–H and O–H groups in total. The van der Waals surface area contributed by atoms with Crippen molar-refractivity contribution in [3.63, 3.8) is 0 Å². The Hall–Kier alpha value is -2.95. The number of benzene rings is 2. The lowest BCUT2D eigenvalue weighted by atomic mass is 10.1. The third-order valence-corrected chi connectivity index (χ3v) is 3.23. The third-order valence-electron chi connectivity index (χ3n) is 3.23. The number of carbonyl (C=O) groups excluding carboxylic acids is 2. The zero-order valence-corrected chi connectivity index (χ0v) is 10.5. The minimum atomic E-state index is -0.390. The van der Waals surface area contributed by atoms with Crippen LogP contribution in [0.5, 0.6) is 0 Å². The van der Waals surface area contributed by atoms with Crippen LogP contribution in [0.4, 0.5) is 5.69 Å².